The first-order chi connectivity index (χ1) is 6.27. The van der Waals surface area contributed by atoms with E-state index in [0.717, 1.165) is 0 Å². The van der Waals surface area contributed by atoms with Gasteiger partial charge < -0.3 is 10.0 Å². The molecule has 2 N–H and O–H groups in total. The third-order valence-electron chi connectivity index (χ3n) is 2.79. The third-order valence-corrected chi connectivity index (χ3v) is 2.79. The summed E-state index contributed by atoms with van der Waals surface area (Å²) in [6, 6.07) is 7.60. The van der Waals surface area contributed by atoms with Crippen LogP contribution in [0.25, 0.3) is 0 Å². The molecule has 0 spiro atoms. The average molecular weight is 176 g/mol. The minimum absolute atomic E-state index is 0.601. The van der Waals surface area contributed by atoms with Crippen molar-refractivity contribution in [1.29, 1.82) is 0 Å². The van der Waals surface area contributed by atoms with Gasteiger partial charge in [0, 0.05) is 0 Å². The molecule has 0 aromatic heterocycles. The zero-order valence-corrected chi connectivity index (χ0v) is 7.48. The molecule has 3 heteroatoms. The summed E-state index contributed by atoms with van der Waals surface area (Å²) in [6.45, 7) is 0. The lowest BCUT2D eigenvalue weighted by atomic mass is 9.75. The second-order valence-corrected chi connectivity index (χ2v) is 3.67. The second-order valence-electron chi connectivity index (χ2n) is 3.67. The monoisotopic (exact) mass is 176 g/mol. The van der Waals surface area contributed by atoms with Gasteiger partial charge in [-0.3, -0.25) is 0 Å². The highest BCUT2D eigenvalue weighted by Crippen LogP contribution is 2.35. The van der Waals surface area contributed by atoms with Crippen LogP contribution in [0.1, 0.15) is 30.7 Å². The maximum atomic E-state index is 8.98. The Hall–Kier alpha value is -0.795. The first-order valence-electron chi connectivity index (χ1n) is 4.73. The minimum Gasteiger partial charge on any atom is -0.423 e. The summed E-state index contributed by atoms with van der Waals surface area (Å²) in [5, 5.41) is 18.0. The molecule has 0 heterocycles. The molecule has 1 aromatic carbocycles. The van der Waals surface area contributed by atoms with Gasteiger partial charge in [0.25, 0.3) is 0 Å². The Morgan fingerprint density at radius 1 is 1.23 bits per heavy atom. The van der Waals surface area contributed by atoms with Crippen molar-refractivity contribution in [2.24, 2.45) is 0 Å². The number of benzene rings is 1. The van der Waals surface area contributed by atoms with Crippen LogP contribution in [0.4, 0.5) is 0 Å². The fraction of sp³-hybridized carbons (Fsp3) is 0.400. The van der Waals surface area contributed by atoms with Gasteiger partial charge in [-0.05, 0) is 29.8 Å². The Morgan fingerprint density at radius 3 is 2.54 bits per heavy atom. The van der Waals surface area contributed by atoms with Crippen LogP contribution in [-0.4, -0.2) is 17.2 Å². The highest BCUT2D eigenvalue weighted by atomic mass is 16.4. The van der Waals surface area contributed by atoms with Crippen LogP contribution in [0.15, 0.2) is 24.3 Å². The van der Waals surface area contributed by atoms with Crippen molar-refractivity contribution < 1.29 is 10.0 Å². The smallest absolute Gasteiger partial charge is 0.423 e. The first kappa shape index (κ1) is 8.79. The summed E-state index contributed by atoms with van der Waals surface area (Å²) in [4.78, 5) is 0. The molecule has 13 heavy (non-hydrogen) atoms. The normalized spacial score (nSPS) is 16.8. The number of hydrogen-bond donors (Lipinski definition) is 2. The Kier molecular flexibility index (Phi) is 2.38. The zero-order chi connectivity index (χ0) is 9.26. The summed E-state index contributed by atoms with van der Waals surface area (Å²) >= 11 is 0. The molecule has 0 amide bonds. The highest BCUT2D eigenvalue weighted by molar-refractivity contribution is 6.58. The second kappa shape index (κ2) is 3.52. The van der Waals surface area contributed by atoms with Crippen LogP contribution >= 0.6 is 0 Å². The number of hydrogen-bond acceptors (Lipinski definition) is 2. The predicted octanol–water partition coefficient (Wildman–Crippen LogP) is 0.634. The van der Waals surface area contributed by atoms with E-state index in [2.05, 4.69) is 6.07 Å². The van der Waals surface area contributed by atoms with Crippen LogP contribution in [0.2, 0.25) is 0 Å². The molecular formula is C10H13BO2. The Balaban J connectivity index is 2.21. The van der Waals surface area contributed by atoms with E-state index in [0.29, 0.717) is 11.4 Å². The topological polar surface area (TPSA) is 40.5 Å². The highest BCUT2D eigenvalue weighted by Gasteiger charge is 2.20. The van der Waals surface area contributed by atoms with E-state index >= 15 is 0 Å². The van der Waals surface area contributed by atoms with E-state index in [1.54, 1.807) is 6.07 Å². The standard InChI is InChI=1S/C10H13BO2/c12-11(13)10-6-2-5-9(7-10)8-3-1-4-8/h2,5-8,12-13H,1,3-4H2. The van der Waals surface area contributed by atoms with Crippen LogP contribution < -0.4 is 5.46 Å². The van der Waals surface area contributed by atoms with Crippen LogP contribution in [0.3, 0.4) is 0 Å². The van der Waals surface area contributed by atoms with Gasteiger partial charge in [0.2, 0.25) is 0 Å². The lowest BCUT2D eigenvalue weighted by Gasteiger charge is -2.26. The molecule has 2 nitrogen and oxygen atoms in total. The summed E-state index contributed by atoms with van der Waals surface area (Å²) in [5.74, 6) is 0.652. The lowest BCUT2D eigenvalue weighted by Crippen LogP contribution is -2.30. The van der Waals surface area contributed by atoms with Gasteiger partial charge in [0.15, 0.2) is 0 Å². The van der Waals surface area contributed by atoms with E-state index in [1.807, 2.05) is 12.1 Å². The summed E-state index contributed by atoms with van der Waals surface area (Å²) in [5.41, 5.74) is 1.85. The first-order valence-corrected chi connectivity index (χ1v) is 4.73. The molecule has 1 aromatic rings. The molecule has 0 bridgehead atoms. The average Bonchev–Trinajstić information content (AvgIpc) is 2.01. The van der Waals surface area contributed by atoms with Crippen molar-refractivity contribution in [3.63, 3.8) is 0 Å². The minimum atomic E-state index is -1.33. The van der Waals surface area contributed by atoms with Gasteiger partial charge >= 0.3 is 7.12 Å². The van der Waals surface area contributed by atoms with Crippen molar-refractivity contribution in [3.8, 4) is 0 Å². The maximum Gasteiger partial charge on any atom is 0.488 e. The molecule has 0 saturated heterocycles. The van der Waals surface area contributed by atoms with Crippen LogP contribution in [-0.2, 0) is 0 Å². The molecule has 2 rings (SSSR count). The Morgan fingerprint density at radius 2 is 2.00 bits per heavy atom. The van der Waals surface area contributed by atoms with Gasteiger partial charge in [-0.25, -0.2) is 0 Å². The third kappa shape index (κ3) is 1.76. The lowest BCUT2D eigenvalue weighted by molar-refractivity contribution is 0.417. The quantitative estimate of drug-likeness (QED) is 0.649. The zero-order valence-electron chi connectivity index (χ0n) is 7.48. The van der Waals surface area contributed by atoms with Crippen molar-refractivity contribution in [2.45, 2.75) is 25.2 Å². The SMILES string of the molecule is OB(O)c1cccc(C2CCC2)c1. The molecule has 0 atom stereocenters. The Labute approximate surface area is 78.4 Å². The van der Waals surface area contributed by atoms with Crippen LogP contribution in [0.5, 0.6) is 0 Å². The Bertz CT molecular complexity index is 295. The molecule has 0 aliphatic heterocycles. The fourth-order valence-electron chi connectivity index (χ4n) is 1.72. The van der Waals surface area contributed by atoms with Gasteiger partial charge in [-0.2, -0.15) is 0 Å². The summed E-state index contributed by atoms with van der Waals surface area (Å²) in [6.07, 6.45) is 3.78. The molecular weight excluding hydrogens is 163 g/mol. The van der Waals surface area contributed by atoms with E-state index in [-0.39, 0.29) is 0 Å². The van der Waals surface area contributed by atoms with Crippen molar-refractivity contribution in [3.05, 3.63) is 29.8 Å². The van der Waals surface area contributed by atoms with Crippen molar-refractivity contribution in [1.82, 2.24) is 0 Å². The van der Waals surface area contributed by atoms with Crippen molar-refractivity contribution >= 4 is 12.6 Å². The van der Waals surface area contributed by atoms with Crippen LogP contribution in [0, 0.1) is 0 Å². The van der Waals surface area contributed by atoms with Gasteiger partial charge in [-0.15, -0.1) is 0 Å². The largest absolute Gasteiger partial charge is 0.488 e. The number of rotatable bonds is 2. The molecule has 1 aliphatic carbocycles. The van der Waals surface area contributed by atoms with E-state index in [9.17, 15) is 0 Å². The van der Waals surface area contributed by atoms with Crippen molar-refractivity contribution in [2.75, 3.05) is 0 Å². The molecule has 0 radical (unpaired) electrons. The maximum absolute atomic E-state index is 8.98. The predicted molar refractivity (Wildman–Crippen MR) is 52.9 cm³/mol. The molecule has 68 valence electrons. The summed E-state index contributed by atoms with van der Waals surface area (Å²) < 4.78 is 0. The molecule has 1 aliphatic rings. The van der Waals surface area contributed by atoms with E-state index in [4.69, 9.17) is 10.0 Å². The van der Waals surface area contributed by atoms with E-state index in [1.165, 1.54) is 24.8 Å². The van der Waals surface area contributed by atoms with Gasteiger partial charge in [0.1, 0.15) is 0 Å². The van der Waals surface area contributed by atoms with E-state index < -0.39 is 7.12 Å². The molecule has 1 saturated carbocycles. The van der Waals surface area contributed by atoms with Gasteiger partial charge in [0.05, 0.1) is 0 Å². The molecule has 1 fully saturated rings. The molecule has 0 unspecified atom stereocenters. The van der Waals surface area contributed by atoms with Gasteiger partial charge in [-0.1, -0.05) is 30.7 Å². The summed E-state index contributed by atoms with van der Waals surface area (Å²) in [7, 11) is -1.33. The fourth-order valence-corrected chi connectivity index (χ4v) is 1.72.